The number of hydrogen-bond donors (Lipinski definition) is 3. The Balaban J connectivity index is 2.05. The highest BCUT2D eigenvalue weighted by Gasteiger charge is 2.58. The number of nitrogens with one attached hydrogen (secondary N) is 2. The lowest BCUT2D eigenvalue weighted by molar-refractivity contribution is -0.143. The SMILES string of the molecule is CCC[C@@H]1C=C[C@H]2[C@@H](C(=O)N([C@@H](CO)Cc3ccccc3)[C@@H]2C(=O)NC(C)(C)CC(C)(C)C)[C@@H]1C(=O)NC. The van der Waals surface area contributed by atoms with Gasteiger partial charge in [-0.25, -0.2) is 0 Å². The molecule has 0 unspecified atom stereocenters. The van der Waals surface area contributed by atoms with Crippen LogP contribution in [0, 0.1) is 29.1 Å². The van der Waals surface area contributed by atoms with Gasteiger partial charge in [-0.1, -0.05) is 76.6 Å². The summed E-state index contributed by atoms with van der Waals surface area (Å²) >= 11 is 0. The first kappa shape index (κ1) is 29.9. The van der Waals surface area contributed by atoms with Crippen molar-refractivity contribution in [1.82, 2.24) is 15.5 Å². The minimum Gasteiger partial charge on any atom is -0.394 e. The fourth-order valence-electron chi connectivity index (χ4n) is 6.89. The number of aliphatic hydroxyl groups is 1. The summed E-state index contributed by atoms with van der Waals surface area (Å²) in [5, 5.41) is 16.5. The number of nitrogens with zero attached hydrogens (tertiary/aromatic N) is 1. The van der Waals surface area contributed by atoms with E-state index in [4.69, 9.17) is 0 Å². The molecule has 0 aromatic heterocycles. The van der Waals surface area contributed by atoms with Crippen molar-refractivity contribution < 1.29 is 19.5 Å². The molecule has 38 heavy (non-hydrogen) atoms. The number of carbonyl (C=O) groups excluding carboxylic acids is 3. The van der Waals surface area contributed by atoms with Gasteiger partial charge < -0.3 is 20.6 Å². The van der Waals surface area contributed by atoms with E-state index in [9.17, 15) is 19.5 Å². The Morgan fingerprint density at radius 3 is 2.26 bits per heavy atom. The minimum atomic E-state index is -0.807. The van der Waals surface area contributed by atoms with E-state index in [0.29, 0.717) is 6.42 Å². The van der Waals surface area contributed by atoms with Gasteiger partial charge in [0, 0.05) is 18.5 Å². The Morgan fingerprint density at radius 1 is 1.05 bits per heavy atom. The number of benzene rings is 1. The second-order valence-electron chi connectivity index (χ2n) is 12.9. The van der Waals surface area contributed by atoms with Crippen LogP contribution in [0.25, 0.3) is 0 Å². The summed E-state index contributed by atoms with van der Waals surface area (Å²) in [6, 6.07) is 8.30. The van der Waals surface area contributed by atoms with Gasteiger partial charge in [-0.05, 0) is 50.0 Å². The third-order valence-electron chi connectivity index (χ3n) is 7.84. The molecule has 3 N–H and O–H groups in total. The van der Waals surface area contributed by atoms with E-state index in [1.54, 1.807) is 11.9 Å². The van der Waals surface area contributed by atoms with Crippen molar-refractivity contribution in [3.05, 3.63) is 48.0 Å². The molecule has 3 rings (SSSR count). The normalized spacial score (nSPS) is 26.2. The molecule has 0 bridgehead atoms. The van der Waals surface area contributed by atoms with Gasteiger partial charge in [-0.3, -0.25) is 14.4 Å². The topological polar surface area (TPSA) is 98.7 Å². The average molecular weight is 526 g/mol. The van der Waals surface area contributed by atoms with Crippen molar-refractivity contribution in [3.8, 4) is 0 Å². The highest BCUT2D eigenvalue weighted by atomic mass is 16.3. The number of carbonyl (C=O) groups is 3. The smallest absolute Gasteiger partial charge is 0.243 e. The average Bonchev–Trinajstić information content (AvgIpc) is 3.13. The molecule has 0 radical (unpaired) electrons. The molecule has 7 nitrogen and oxygen atoms in total. The second-order valence-corrected chi connectivity index (χ2v) is 12.9. The first-order chi connectivity index (χ1) is 17.8. The molecular formula is C31H47N3O4. The van der Waals surface area contributed by atoms with Gasteiger partial charge in [0.1, 0.15) is 6.04 Å². The predicted octanol–water partition coefficient (Wildman–Crippen LogP) is 3.71. The number of allylic oxidation sites excluding steroid dienone is 1. The third kappa shape index (κ3) is 6.66. The van der Waals surface area contributed by atoms with E-state index < -0.39 is 35.4 Å². The third-order valence-corrected chi connectivity index (χ3v) is 7.84. The van der Waals surface area contributed by atoms with Crippen molar-refractivity contribution in [2.75, 3.05) is 13.7 Å². The van der Waals surface area contributed by atoms with Crippen molar-refractivity contribution >= 4 is 17.7 Å². The van der Waals surface area contributed by atoms with Crippen LogP contribution in [0.3, 0.4) is 0 Å². The van der Waals surface area contributed by atoms with Crippen molar-refractivity contribution in [2.45, 2.75) is 84.8 Å². The van der Waals surface area contributed by atoms with E-state index >= 15 is 0 Å². The van der Waals surface area contributed by atoms with Gasteiger partial charge in [0.25, 0.3) is 0 Å². The predicted molar refractivity (Wildman–Crippen MR) is 150 cm³/mol. The Kier molecular flexibility index (Phi) is 9.45. The fraction of sp³-hybridized carbons (Fsp3) is 0.645. The zero-order valence-electron chi connectivity index (χ0n) is 24.2. The van der Waals surface area contributed by atoms with Crippen LogP contribution < -0.4 is 10.6 Å². The Bertz CT molecular complexity index is 1010. The van der Waals surface area contributed by atoms with Gasteiger partial charge in [-0.15, -0.1) is 0 Å². The first-order valence-electron chi connectivity index (χ1n) is 14.0. The van der Waals surface area contributed by atoms with Crippen LogP contribution in [0.15, 0.2) is 42.5 Å². The summed E-state index contributed by atoms with van der Waals surface area (Å²) in [5.41, 5.74) is 0.469. The van der Waals surface area contributed by atoms with Gasteiger partial charge in [0.15, 0.2) is 0 Å². The number of aliphatic hydroxyl groups excluding tert-OH is 1. The van der Waals surface area contributed by atoms with Crippen molar-refractivity contribution in [1.29, 1.82) is 0 Å². The molecule has 6 atom stereocenters. The molecule has 1 fully saturated rings. The van der Waals surface area contributed by atoms with E-state index in [1.165, 1.54) is 0 Å². The molecule has 0 saturated carbocycles. The molecule has 2 aliphatic rings. The summed E-state index contributed by atoms with van der Waals surface area (Å²) in [6.45, 7) is 12.2. The second kappa shape index (κ2) is 12.0. The Labute approximate surface area is 228 Å². The van der Waals surface area contributed by atoms with Crippen molar-refractivity contribution in [2.24, 2.45) is 29.1 Å². The number of hydrogen-bond acceptors (Lipinski definition) is 4. The molecule has 7 heteroatoms. The van der Waals surface area contributed by atoms with Gasteiger partial charge >= 0.3 is 0 Å². The largest absolute Gasteiger partial charge is 0.394 e. The van der Waals surface area contributed by atoms with Crippen LogP contribution in [-0.4, -0.2) is 59.0 Å². The maximum absolute atomic E-state index is 14.2. The number of likely N-dealkylation sites (tertiary alicyclic amines) is 1. The quantitative estimate of drug-likeness (QED) is 0.406. The van der Waals surface area contributed by atoms with E-state index in [1.807, 2.05) is 56.3 Å². The monoisotopic (exact) mass is 525 g/mol. The highest BCUT2D eigenvalue weighted by molar-refractivity contribution is 5.97. The van der Waals surface area contributed by atoms with Crippen LogP contribution in [0.2, 0.25) is 0 Å². The molecule has 1 heterocycles. The molecule has 1 aliphatic carbocycles. The van der Waals surface area contributed by atoms with E-state index in [2.05, 4.69) is 38.3 Å². The van der Waals surface area contributed by atoms with Crippen LogP contribution in [-0.2, 0) is 20.8 Å². The maximum atomic E-state index is 14.2. The lowest BCUT2D eigenvalue weighted by Crippen LogP contribution is -2.57. The molecule has 0 spiro atoms. The van der Waals surface area contributed by atoms with Crippen LogP contribution in [0.5, 0.6) is 0 Å². The van der Waals surface area contributed by atoms with Gasteiger partial charge in [0.05, 0.1) is 24.5 Å². The van der Waals surface area contributed by atoms with E-state index in [0.717, 1.165) is 24.8 Å². The molecule has 1 aromatic carbocycles. The first-order valence-corrected chi connectivity index (χ1v) is 14.0. The van der Waals surface area contributed by atoms with Crippen LogP contribution >= 0.6 is 0 Å². The molecule has 3 amide bonds. The van der Waals surface area contributed by atoms with Crippen molar-refractivity contribution in [3.63, 3.8) is 0 Å². The standard InChI is InChI=1S/C31H47N3O4/c1-8-12-21-15-16-23-25(24(21)27(36)32-7)29(38)34(22(18-35)17-20-13-10-9-11-14-20)26(23)28(37)33-31(5,6)19-30(2,3)4/h9-11,13-16,21-26,35H,8,12,17-19H2,1-7H3,(H,32,36)(H,33,37)/t21-,22-,23+,24-,25-,26+/m1/s1. The van der Waals surface area contributed by atoms with Gasteiger partial charge in [0.2, 0.25) is 17.7 Å². The minimum absolute atomic E-state index is 0.00608. The molecule has 210 valence electrons. The lowest BCUT2D eigenvalue weighted by Gasteiger charge is -2.38. The highest BCUT2D eigenvalue weighted by Crippen LogP contribution is 2.46. The van der Waals surface area contributed by atoms with Crippen LogP contribution in [0.4, 0.5) is 0 Å². The van der Waals surface area contributed by atoms with Crippen LogP contribution in [0.1, 0.15) is 66.4 Å². The zero-order chi connectivity index (χ0) is 28.3. The number of fused-ring (bicyclic) bond motifs is 1. The van der Waals surface area contributed by atoms with E-state index in [-0.39, 0.29) is 35.7 Å². The Morgan fingerprint density at radius 2 is 1.71 bits per heavy atom. The zero-order valence-corrected chi connectivity index (χ0v) is 24.2. The fourth-order valence-corrected chi connectivity index (χ4v) is 6.89. The molecule has 1 saturated heterocycles. The molecular weight excluding hydrogens is 478 g/mol. The Hall–Kier alpha value is -2.67. The summed E-state index contributed by atoms with van der Waals surface area (Å²) in [6.07, 6.45) is 6.87. The summed E-state index contributed by atoms with van der Waals surface area (Å²) in [7, 11) is 1.60. The maximum Gasteiger partial charge on any atom is 0.243 e. The number of amides is 3. The summed E-state index contributed by atoms with van der Waals surface area (Å²) in [5.74, 6) is -2.36. The summed E-state index contributed by atoms with van der Waals surface area (Å²) in [4.78, 5) is 43.1. The molecule has 1 aromatic rings. The lowest BCUT2D eigenvalue weighted by atomic mass is 9.68. The van der Waals surface area contributed by atoms with Gasteiger partial charge in [-0.2, -0.15) is 0 Å². The molecule has 1 aliphatic heterocycles. The summed E-state index contributed by atoms with van der Waals surface area (Å²) < 4.78 is 0. The number of rotatable bonds is 10.